The van der Waals surface area contributed by atoms with Gasteiger partial charge in [0.25, 0.3) is 0 Å². The van der Waals surface area contributed by atoms with Crippen molar-refractivity contribution in [3.05, 3.63) is 46.6 Å². The summed E-state index contributed by atoms with van der Waals surface area (Å²) in [6, 6.07) is 0. The quantitative estimate of drug-likeness (QED) is 0.544. The molecule has 0 spiro atoms. The predicted octanol–water partition coefficient (Wildman–Crippen LogP) is 5.59. The van der Waals surface area contributed by atoms with Crippen LogP contribution in [0.3, 0.4) is 0 Å². The van der Waals surface area contributed by atoms with Crippen molar-refractivity contribution in [2.75, 3.05) is 0 Å². The summed E-state index contributed by atoms with van der Waals surface area (Å²) in [6.07, 6.45) is 18.0. The molecule has 1 heteroatoms. The van der Waals surface area contributed by atoms with Crippen molar-refractivity contribution in [1.29, 1.82) is 0 Å². The van der Waals surface area contributed by atoms with Gasteiger partial charge >= 0.3 is 26.2 Å². The zero-order valence-electron chi connectivity index (χ0n) is 13.3. The molecule has 106 valence electrons. The number of allylic oxidation sites excluding steroid dienone is 8. The Morgan fingerprint density at radius 2 is 1.75 bits per heavy atom. The Morgan fingerprint density at radius 1 is 1.10 bits per heavy atom. The summed E-state index contributed by atoms with van der Waals surface area (Å²) in [6.45, 7) is 8.67. The minimum absolute atomic E-state index is 0. The molecule has 0 amide bonds. The molecule has 0 N–H and O–H groups in total. The van der Waals surface area contributed by atoms with Crippen LogP contribution in [0, 0.1) is 24.0 Å². The summed E-state index contributed by atoms with van der Waals surface area (Å²) in [5.41, 5.74) is 5.74. The van der Waals surface area contributed by atoms with Crippen molar-refractivity contribution in [3.8, 4) is 0 Å². The van der Waals surface area contributed by atoms with Crippen molar-refractivity contribution in [3.63, 3.8) is 0 Å². The molecule has 0 bridgehead atoms. The molecule has 1 unspecified atom stereocenters. The standard InChI is InChI=1S/C10H13.C9H13.Zr/c1-2-6-9(5-1)10-7-3-4-8-10;1-6-5-7(2)9(4)8(6)3;/h1,5,10H,2-4,7-8H2;6H,1-4H3;/q2*-1;+2. The molecule has 0 radical (unpaired) electrons. The fourth-order valence-corrected chi connectivity index (χ4v) is 3.10. The van der Waals surface area contributed by atoms with Crippen molar-refractivity contribution < 1.29 is 26.2 Å². The summed E-state index contributed by atoms with van der Waals surface area (Å²) in [5, 5.41) is 0. The monoisotopic (exact) mass is 344 g/mol. The van der Waals surface area contributed by atoms with Gasteiger partial charge in [0.15, 0.2) is 0 Å². The molecule has 1 fully saturated rings. The first kappa shape index (κ1) is 17.9. The molecule has 0 saturated heterocycles. The van der Waals surface area contributed by atoms with E-state index in [-0.39, 0.29) is 26.2 Å². The molecular formula is C19H26Zr. The second-order valence-corrected chi connectivity index (χ2v) is 6.02. The molecule has 0 nitrogen and oxygen atoms in total. The normalized spacial score (nSPS) is 25.1. The first-order chi connectivity index (χ1) is 9.09. The van der Waals surface area contributed by atoms with E-state index in [1.54, 1.807) is 0 Å². The van der Waals surface area contributed by atoms with Gasteiger partial charge in [-0.15, -0.1) is 13.3 Å². The molecular weight excluding hydrogens is 319 g/mol. The Bertz CT molecular complexity index is 442. The molecule has 0 aromatic carbocycles. The van der Waals surface area contributed by atoms with Gasteiger partial charge in [0.05, 0.1) is 0 Å². The Balaban J connectivity index is 0.000000192. The van der Waals surface area contributed by atoms with E-state index in [0.29, 0.717) is 5.92 Å². The van der Waals surface area contributed by atoms with E-state index in [1.165, 1.54) is 48.0 Å². The maximum atomic E-state index is 3.40. The van der Waals surface area contributed by atoms with Gasteiger partial charge in [-0.05, 0) is 18.8 Å². The summed E-state index contributed by atoms with van der Waals surface area (Å²) < 4.78 is 0. The zero-order chi connectivity index (χ0) is 13.8. The van der Waals surface area contributed by atoms with Gasteiger partial charge in [-0.2, -0.15) is 17.2 Å². The van der Waals surface area contributed by atoms with Crippen LogP contribution >= 0.6 is 0 Å². The second kappa shape index (κ2) is 8.33. The van der Waals surface area contributed by atoms with Crippen LogP contribution in [0.4, 0.5) is 0 Å². The summed E-state index contributed by atoms with van der Waals surface area (Å²) in [4.78, 5) is 0. The first-order valence-electron chi connectivity index (χ1n) is 7.64. The Hall–Kier alpha value is -0.157. The van der Waals surface area contributed by atoms with E-state index in [1.807, 2.05) is 0 Å². The van der Waals surface area contributed by atoms with Gasteiger partial charge in [0.2, 0.25) is 0 Å². The van der Waals surface area contributed by atoms with Crippen LogP contribution in [0.1, 0.15) is 59.8 Å². The fraction of sp³-hybridized carbons (Fsp3) is 0.579. The maximum absolute atomic E-state index is 3.40. The van der Waals surface area contributed by atoms with E-state index < -0.39 is 0 Å². The molecule has 0 aromatic heterocycles. The molecule has 1 saturated carbocycles. The molecule has 3 aliphatic carbocycles. The van der Waals surface area contributed by atoms with Crippen LogP contribution in [0.2, 0.25) is 0 Å². The smallest absolute Gasteiger partial charge is 0.269 e. The summed E-state index contributed by atoms with van der Waals surface area (Å²) in [7, 11) is 0. The molecule has 1 atom stereocenters. The van der Waals surface area contributed by atoms with Crippen LogP contribution in [0.25, 0.3) is 0 Å². The Kier molecular flexibility index (Phi) is 7.45. The average molecular weight is 346 g/mol. The molecule has 0 aliphatic heterocycles. The van der Waals surface area contributed by atoms with Crippen LogP contribution in [-0.2, 0) is 26.2 Å². The molecule has 3 aliphatic rings. The van der Waals surface area contributed by atoms with Gasteiger partial charge in [0.1, 0.15) is 0 Å². The topological polar surface area (TPSA) is 0 Å². The maximum Gasteiger partial charge on any atom is 2.00 e. The van der Waals surface area contributed by atoms with Crippen molar-refractivity contribution in [2.24, 2.45) is 11.8 Å². The number of rotatable bonds is 1. The van der Waals surface area contributed by atoms with E-state index in [4.69, 9.17) is 0 Å². The third kappa shape index (κ3) is 4.42. The van der Waals surface area contributed by atoms with E-state index in [0.717, 1.165) is 12.3 Å². The Morgan fingerprint density at radius 3 is 2.10 bits per heavy atom. The van der Waals surface area contributed by atoms with Crippen molar-refractivity contribution >= 4 is 0 Å². The SMILES string of the molecule is CC1=[C-]C(C)C(C)=C1C.[C-]1=C(C2CCCC2)C=CC1.[Zr+2]. The van der Waals surface area contributed by atoms with Crippen LogP contribution in [0.15, 0.2) is 34.4 Å². The summed E-state index contributed by atoms with van der Waals surface area (Å²) in [5.74, 6) is 1.43. The predicted molar refractivity (Wildman–Crippen MR) is 82.4 cm³/mol. The van der Waals surface area contributed by atoms with Gasteiger partial charge < -0.3 is 0 Å². The number of hydrogen-bond acceptors (Lipinski definition) is 0. The minimum atomic E-state index is 0. The van der Waals surface area contributed by atoms with E-state index >= 15 is 0 Å². The fourth-order valence-electron chi connectivity index (χ4n) is 3.10. The third-order valence-electron chi connectivity index (χ3n) is 4.75. The molecule has 0 heterocycles. The van der Waals surface area contributed by atoms with E-state index in [2.05, 4.69) is 52.0 Å². The van der Waals surface area contributed by atoms with Gasteiger partial charge in [-0.1, -0.05) is 39.5 Å². The minimum Gasteiger partial charge on any atom is -0.269 e. The number of hydrogen-bond donors (Lipinski definition) is 0. The van der Waals surface area contributed by atoms with Gasteiger partial charge in [-0.25, -0.2) is 17.2 Å². The summed E-state index contributed by atoms with van der Waals surface area (Å²) >= 11 is 0. The van der Waals surface area contributed by atoms with Crippen LogP contribution in [0.5, 0.6) is 0 Å². The largest absolute Gasteiger partial charge is 2.00 e. The molecule has 3 rings (SSSR count). The third-order valence-corrected chi connectivity index (χ3v) is 4.75. The van der Waals surface area contributed by atoms with Crippen molar-refractivity contribution in [2.45, 2.75) is 59.8 Å². The first-order valence-corrected chi connectivity index (χ1v) is 7.64. The van der Waals surface area contributed by atoms with Crippen molar-refractivity contribution in [1.82, 2.24) is 0 Å². The molecule has 0 aromatic rings. The van der Waals surface area contributed by atoms with Crippen LogP contribution in [-0.4, -0.2) is 0 Å². The molecule has 20 heavy (non-hydrogen) atoms. The zero-order valence-corrected chi connectivity index (χ0v) is 15.8. The van der Waals surface area contributed by atoms with E-state index in [9.17, 15) is 0 Å². The second-order valence-electron chi connectivity index (χ2n) is 6.02. The Labute approximate surface area is 144 Å². The van der Waals surface area contributed by atoms with Gasteiger partial charge in [-0.3, -0.25) is 12.2 Å². The van der Waals surface area contributed by atoms with Gasteiger partial charge in [0, 0.05) is 0 Å². The van der Waals surface area contributed by atoms with Crippen LogP contribution < -0.4 is 0 Å². The average Bonchev–Trinajstić information content (AvgIpc) is 3.11.